The van der Waals surface area contributed by atoms with Gasteiger partial charge < -0.3 is 14.6 Å². The summed E-state index contributed by atoms with van der Waals surface area (Å²) in [7, 11) is 2.50. The Bertz CT molecular complexity index is 362. The molecule has 1 rings (SSSR count). The summed E-state index contributed by atoms with van der Waals surface area (Å²) in [5, 5.41) is 8.75. The lowest BCUT2D eigenvalue weighted by molar-refractivity contribution is 0.0692. The van der Waals surface area contributed by atoms with Crippen molar-refractivity contribution in [1.29, 1.82) is 0 Å². The van der Waals surface area contributed by atoms with Gasteiger partial charge in [0, 0.05) is 0 Å². The van der Waals surface area contributed by atoms with Crippen LogP contribution in [0.1, 0.15) is 10.4 Å². The Hall–Kier alpha value is -1.78. The summed E-state index contributed by atoms with van der Waals surface area (Å²) in [5.41, 5.74) is -0.134. The molecule has 0 atom stereocenters. The average molecular weight is 200 g/mol. The highest BCUT2D eigenvalue weighted by Gasteiger charge is 2.19. The van der Waals surface area contributed by atoms with Gasteiger partial charge in [-0.25, -0.2) is 9.18 Å². The van der Waals surface area contributed by atoms with Gasteiger partial charge in [-0.15, -0.1) is 0 Å². The van der Waals surface area contributed by atoms with Crippen LogP contribution in [0.2, 0.25) is 0 Å². The molecular formula is C9H9FO4. The summed E-state index contributed by atoms with van der Waals surface area (Å²) in [6.45, 7) is 0. The number of carboxylic acids is 1. The van der Waals surface area contributed by atoms with Gasteiger partial charge >= 0.3 is 5.97 Å². The second-order valence-electron chi connectivity index (χ2n) is 2.47. The highest BCUT2D eigenvalue weighted by Crippen LogP contribution is 2.33. The van der Waals surface area contributed by atoms with Gasteiger partial charge in [-0.3, -0.25) is 0 Å². The minimum atomic E-state index is -1.19. The topological polar surface area (TPSA) is 55.8 Å². The number of methoxy groups -OCH3 is 2. The number of benzene rings is 1. The number of aromatic carboxylic acids is 1. The van der Waals surface area contributed by atoms with Crippen LogP contribution >= 0.6 is 0 Å². The minimum Gasteiger partial charge on any atom is -0.492 e. The van der Waals surface area contributed by atoms with Crippen LogP contribution in [0, 0.1) is 5.82 Å². The van der Waals surface area contributed by atoms with Crippen molar-refractivity contribution in [3.05, 3.63) is 23.5 Å². The lowest BCUT2D eigenvalue weighted by Gasteiger charge is -2.10. The van der Waals surface area contributed by atoms with Crippen LogP contribution in [0.4, 0.5) is 4.39 Å². The molecule has 0 saturated carbocycles. The number of carboxylic acid groups (broad SMARTS) is 1. The van der Waals surface area contributed by atoms with Gasteiger partial charge in [-0.1, -0.05) is 0 Å². The third-order valence-corrected chi connectivity index (χ3v) is 1.70. The fourth-order valence-electron chi connectivity index (χ4n) is 1.10. The van der Waals surface area contributed by atoms with Gasteiger partial charge in [0.15, 0.2) is 17.3 Å². The van der Waals surface area contributed by atoms with E-state index < -0.39 is 11.8 Å². The normalized spacial score (nSPS) is 9.64. The van der Waals surface area contributed by atoms with Gasteiger partial charge in [-0.2, -0.15) is 0 Å². The molecule has 0 saturated heterocycles. The van der Waals surface area contributed by atoms with E-state index in [-0.39, 0.29) is 17.1 Å². The second-order valence-corrected chi connectivity index (χ2v) is 2.47. The van der Waals surface area contributed by atoms with Crippen molar-refractivity contribution in [1.82, 2.24) is 0 Å². The Labute approximate surface area is 79.9 Å². The molecule has 0 bridgehead atoms. The number of carbonyl (C=O) groups is 1. The van der Waals surface area contributed by atoms with Crippen molar-refractivity contribution in [2.75, 3.05) is 14.2 Å². The first-order valence-electron chi connectivity index (χ1n) is 3.75. The average Bonchev–Trinajstić information content (AvgIpc) is 2.16. The second kappa shape index (κ2) is 3.95. The number of hydrogen-bond acceptors (Lipinski definition) is 3. The molecule has 0 aromatic heterocycles. The van der Waals surface area contributed by atoms with Gasteiger partial charge in [0.2, 0.25) is 0 Å². The van der Waals surface area contributed by atoms with Crippen LogP contribution in [-0.4, -0.2) is 25.3 Å². The zero-order valence-corrected chi connectivity index (χ0v) is 7.70. The fourth-order valence-corrected chi connectivity index (χ4v) is 1.10. The number of rotatable bonds is 3. The van der Waals surface area contributed by atoms with Crippen LogP contribution in [0.5, 0.6) is 11.5 Å². The van der Waals surface area contributed by atoms with E-state index in [0.717, 1.165) is 12.1 Å². The third-order valence-electron chi connectivity index (χ3n) is 1.70. The van der Waals surface area contributed by atoms with Crippen LogP contribution in [0.3, 0.4) is 0 Å². The molecule has 0 aliphatic carbocycles. The third kappa shape index (κ3) is 1.61. The molecule has 4 nitrogen and oxygen atoms in total. The largest absolute Gasteiger partial charge is 0.492 e. The van der Waals surface area contributed by atoms with Gasteiger partial charge in [-0.05, 0) is 12.1 Å². The summed E-state index contributed by atoms with van der Waals surface area (Å²) in [4.78, 5) is 10.7. The molecular weight excluding hydrogens is 191 g/mol. The summed E-state index contributed by atoms with van der Waals surface area (Å²) < 4.78 is 22.5. The highest BCUT2D eigenvalue weighted by molar-refractivity contribution is 5.92. The van der Waals surface area contributed by atoms with Crippen LogP contribution in [-0.2, 0) is 0 Å². The monoisotopic (exact) mass is 200 g/mol. The molecule has 0 spiro atoms. The summed E-state index contributed by atoms with van der Waals surface area (Å²) >= 11 is 0. The lowest BCUT2D eigenvalue weighted by Crippen LogP contribution is -2.03. The van der Waals surface area contributed by atoms with Crippen molar-refractivity contribution in [3.63, 3.8) is 0 Å². The van der Waals surface area contributed by atoms with Gasteiger partial charge in [0.25, 0.3) is 0 Å². The molecule has 0 radical (unpaired) electrons. The molecule has 76 valence electrons. The molecule has 0 fully saturated rings. The first kappa shape index (κ1) is 10.3. The molecule has 1 N–H and O–H groups in total. The maximum Gasteiger partial charge on any atom is 0.339 e. The van der Waals surface area contributed by atoms with E-state index in [1.54, 1.807) is 0 Å². The summed E-state index contributed by atoms with van der Waals surface area (Å²) in [6, 6.07) is 2.14. The SMILES string of the molecule is COc1c(F)ccc(C(=O)O)c1OC. The van der Waals surface area contributed by atoms with E-state index in [4.69, 9.17) is 14.6 Å². The maximum atomic E-state index is 13.1. The standard InChI is InChI=1S/C9H9FO4/c1-13-7-5(9(11)12)3-4-6(10)8(7)14-2/h3-4H,1-2H3,(H,11,12). The Morgan fingerprint density at radius 3 is 2.29 bits per heavy atom. The van der Waals surface area contributed by atoms with Gasteiger partial charge in [0.05, 0.1) is 14.2 Å². The van der Waals surface area contributed by atoms with Crippen LogP contribution in [0.15, 0.2) is 12.1 Å². The first-order chi connectivity index (χ1) is 6.61. The predicted molar refractivity (Wildman–Crippen MR) is 46.5 cm³/mol. The Morgan fingerprint density at radius 2 is 1.86 bits per heavy atom. The van der Waals surface area contributed by atoms with E-state index in [1.807, 2.05) is 0 Å². The Kier molecular flexibility index (Phi) is 2.91. The van der Waals surface area contributed by atoms with Crippen LogP contribution < -0.4 is 9.47 Å². The summed E-state index contributed by atoms with van der Waals surface area (Å²) in [5.74, 6) is -2.16. The zero-order chi connectivity index (χ0) is 10.7. The predicted octanol–water partition coefficient (Wildman–Crippen LogP) is 1.54. The quantitative estimate of drug-likeness (QED) is 0.804. The Morgan fingerprint density at radius 1 is 1.29 bits per heavy atom. The molecule has 0 aliphatic rings. The van der Waals surface area contributed by atoms with E-state index in [9.17, 15) is 9.18 Å². The van der Waals surface area contributed by atoms with E-state index in [1.165, 1.54) is 14.2 Å². The van der Waals surface area contributed by atoms with E-state index >= 15 is 0 Å². The maximum absolute atomic E-state index is 13.1. The number of ether oxygens (including phenoxy) is 2. The van der Waals surface area contributed by atoms with Crippen molar-refractivity contribution < 1.29 is 23.8 Å². The molecule has 0 heterocycles. The molecule has 5 heteroatoms. The molecule has 0 unspecified atom stereocenters. The summed E-state index contributed by atoms with van der Waals surface area (Å²) in [6.07, 6.45) is 0. The van der Waals surface area contributed by atoms with Crippen molar-refractivity contribution in [2.45, 2.75) is 0 Å². The molecule has 0 amide bonds. The number of hydrogen-bond donors (Lipinski definition) is 1. The zero-order valence-electron chi connectivity index (χ0n) is 7.70. The Balaban J connectivity index is 3.40. The molecule has 0 aliphatic heterocycles. The molecule has 1 aromatic carbocycles. The van der Waals surface area contributed by atoms with Crippen molar-refractivity contribution in [2.24, 2.45) is 0 Å². The van der Waals surface area contributed by atoms with Crippen molar-refractivity contribution >= 4 is 5.97 Å². The number of halogens is 1. The molecule has 14 heavy (non-hydrogen) atoms. The first-order valence-corrected chi connectivity index (χ1v) is 3.75. The fraction of sp³-hybridized carbons (Fsp3) is 0.222. The van der Waals surface area contributed by atoms with Crippen molar-refractivity contribution in [3.8, 4) is 11.5 Å². The molecule has 1 aromatic rings. The van der Waals surface area contributed by atoms with E-state index in [0.29, 0.717) is 0 Å². The van der Waals surface area contributed by atoms with Crippen LogP contribution in [0.25, 0.3) is 0 Å². The highest BCUT2D eigenvalue weighted by atomic mass is 19.1. The smallest absolute Gasteiger partial charge is 0.339 e. The minimum absolute atomic E-state index is 0.111. The van der Waals surface area contributed by atoms with Gasteiger partial charge in [0.1, 0.15) is 5.56 Å². The van der Waals surface area contributed by atoms with E-state index in [2.05, 4.69) is 0 Å². The lowest BCUT2D eigenvalue weighted by atomic mass is 10.2.